The zero-order valence-electron chi connectivity index (χ0n) is 11.5. The lowest BCUT2D eigenvalue weighted by Gasteiger charge is -2.18. The molecule has 1 aromatic carbocycles. The van der Waals surface area contributed by atoms with Gasteiger partial charge in [-0.2, -0.15) is 0 Å². The largest absolute Gasteiger partial charge is 0.395 e. The van der Waals surface area contributed by atoms with E-state index in [1.165, 1.54) is 11.6 Å². The maximum atomic E-state index is 13.9. The third-order valence-corrected chi connectivity index (χ3v) is 3.49. The molecule has 0 saturated carbocycles. The Morgan fingerprint density at radius 1 is 1.21 bits per heavy atom. The van der Waals surface area contributed by atoms with E-state index in [2.05, 4.69) is 30.2 Å². The molecule has 0 saturated heterocycles. The molecule has 108 valence electrons. The molecule has 19 heavy (non-hydrogen) atoms. The molecule has 0 bridgehead atoms. The first kappa shape index (κ1) is 16.4. The van der Waals surface area contributed by atoms with Crippen molar-refractivity contribution in [1.82, 2.24) is 10.6 Å². The van der Waals surface area contributed by atoms with Crippen LogP contribution in [0.4, 0.5) is 4.39 Å². The van der Waals surface area contributed by atoms with Crippen LogP contribution in [-0.2, 0) is 19.4 Å². The minimum Gasteiger partial charge on any atom is -0.395 e. The van der Waals surface area contributed by atoms with E-state index in [4.69, 9.17) is 5.11 Å². The summed E-state index contributed by atoms with van der Waals surface area (Å²) in [6.45, 7) is 5.06. The van der Waals surface area contributed by atoms with Gasteiger partial charge in [-0.15, -0.1) is 12.6 Å². The van der Waals surface area contributed by atoms with E-state index < -0.39 is 0 Å². The van der Waals surface area contributed by atoms with Crippen LogP contribution in [0.3, 0.4) is 0 Å². The van der Waals surface area contributed by atoms with Crippen molar-refractivity contribution in [2.24, 2.45) is 0 Å². The highest BCUT2D eigenvalue weighted by Crippen LogP contribution is 2.20. The van der Waals surface area contributed by atoms with Crippen molar-refractivity contribution in [2.45, 2.75) is 38.7 Å². The van der Waals surface area contributed by atoms with Crippen molar-refractivity contribution >= 4 is 12.6 Å². The zero-order chi connectivity index (χ0) is 14.3. The molecule has 0 aromatic heterocycles. The summed E-state index contributed by atoms with van der Waals surface area (Å²) in [7, 11) is 0. The van der Waals surface area contributed by atoms with Gasteiger partial charge in [0.15, 0.2) is 0 Å². The predicted octanol–water partition coefficient (Wildman–Crippen LogP) is 1.84. The topological polar surface area (TPSA) is 44.3 Å². The van der Waals surface area contributed by atoms with Crippen LogP contribution in [0, 0.1) is 5.82 Å². The van der Waals surface area contributed by atoms with Gasteiger partial charge in [-0.3, -0.25) is 10.6 Å². The summed E-state index contributed by atoms with van der Waals surface area (Å²) in [5, 5.41) is 14.8. The first-order valence-electron chi connectivity index (χ1n) is 6.68. The third-order valence-electron chi connectivity index (χ3n) is 3.13. The van der Waals surface area contributed by atoms with Gasteiger partial charge in [-0.05, 0) is 30.0 Å². The van der Waals surface area contributed by atoms with Crippen LogP contribution in [0.2, 0.25) is 0 Å². The van der Waals surface area contributed by atoms with Gasteiger partial charge in [0.25, 0.3) is 0 Å². The molecular formula is C14H23FN2OS. The predicted molar refractivity (Wildman–Crippen MR) is 79.9 cm³/mol. The van der Waals surface area contributed by atoms with Crippen molar-refractivity contribution in [2.75, 3.05) is 13.2 Å². The molecule has 1 aromatic rings. The molecule has 0 fully saturated rings. The molecule has 1 unspecified atom stereocenters. The quantitative estimate of drug-likeness (QED) is 0.435. The maximum absolute atomic E-state index is 13.9. The lowest BCUT2D eigenvalue weighted by molar-refractivity contribution is 0.288. The second-order valence-corrected chi connectivity index (χ2v) is 4.85. The summed E-state index contributed by atoms with van der Waals surface area (Å²) in [5.74, 6) is -0.177. The van der Waals surface area contributed by atoms with E-state index in [9.17, 15) is 4.39 Å². The third kappa shape index (κ3) is 4.76. The number of benzene rings is 1. The van der Waals surface area contributed by atoms with Crippen LogP contribution in [0.1, 0.15) is 30.5 Å². The number of aliphatic hydroxyl groups excluding tert-OH is 1. The highest BCUT2D eigenvalue weighted by Gasteiger charge is 2.12. The summed E-state index contributed by atoms with van der Waals surface area (Å²) < 4.78 is 13.9. The van der Waals surface area contributed by atoms with Gasteiger partial charge >= 0.3 is 0 Å². The van der Waals surface area contributed by atoms with Gasteiger partial charge in [0.2, 0.25) is 0 Å². The Bertz CT molecular complexity index is 401. The molecular weight excluding hydrogens is 263 g/mol. The normalized spacial score (nSPS) is 12.7. The van der Waals surface area contributed by atoms with Crippen molar-refractivity contribution in [3.05, 3.63) is 34.6 Å². The number of hydrogen-bond donors (Lipinski definition) is 4. The molecule has 0 aliphatic rings. The van der Waals surface area contributed by atoms with E-state index >= 15 is 0 Å². The van der Waals surface area contributed by atoms with Crippen LogP contribution in [0.5, 0.6) is 0 Å². The second kappa shape index (κ2) is 8.53. The fraction of sp³-hybridized carbons (Fsp3) is 0.571. The van der Waals surface area contributed by atoms with E-state index in [1.807, 2.05) is 13.0 Å². The molecule has 1 atom stereocenters. The first-order chi connectivity index (χ1) is 9.13. The minimum atomic E-state index is -0.262. The number of thiol groups is 1. The van der Waals surface area contributed by atoms with E-state index in [-0.39, 0.29) is 17.9 Å². The average Bonchev–Trinajstić information content (AvgIpc) is 2.43. The van der Waals surface area contributed by atoms with Crippen LogP contribution < -0.4 is 10.6 Å². The molecule has 3 N–H and O–H groups in total. The van der Waals surface area contributed by atoms with Gasteiger partial charge < -0.3 is 5.11 Å². The Morgan fingerprint density at radius 3 is 2.53 bits per heavy atom. The summed E-state index contributed by atoms with van der Waals surface area (Å²) in [6.07, 6.45) is 1.72. The van der Waals surface area contributed by atoms with E-state index in [1.54, 1.807) is 0 Å². The number of hydrogen-bond acceptors (Lipinski definition) is 4. The molecule has 0 aliphatic carbocycles. The number of nitrogens with one attached hydrogen (secondary N) is 2. The van der Waals surface area contributed by atoms with Crippen LogP contribution >= 0.6 is 12.6 Å². The van der Waals surface area contributed by atoms with Crippen LogP contribution in [0.25, 0.3) is 0 Å². The highest BCUT2D eigenvalue weighted by molar-refractivity contribution is 7.80. The monoisotopic (exact) mass is 286 g/mol. The Hall–Kier alpha value is -0.620. The zero-order valence-corrected chi connectivity index (χ0v) is 12.4. The van der Waals surface area contributed by atoms with Gasteiger partial charge in [0.05, 0.1) is 6.61 Å². The standard InChI is InChI=1S/C14H23FN2OS/c1-3-10-5-6-13(15)12(11(10)4-2)9-17-14(19)16-7-8-18/h5-6,14,16-19H,3-4,7-9H2,1-2H3. The van der Waals surface area contributed by atoms with Crippen molar-refractivity contribution in [3.63, 3.8) is 0 Å². The first-order valence-corrected chi connectivity index (χ1v) is 7.20. The van der Waals surface area contributed by atoms with Gasteiger partial charge in [-0.25, -0.2) is 4.39 Å². The number of aliphatic hydroxyl groups is 1. The summed E-state index contributed by atoms with van der Waals surface area (Å²) in [5.41, 5.74) is 2.73. The fourth-order valence-corrected chi connectivity index (χ4v) is 2.37. The van der Waals surface area contributed by atoms with Crippen molar-refractivity contribution in [1.29, 1.82) is 0 Å². The summed E-state index contributed by atoms with van der Waals surface area (Å²) in [4.78, 5) is 0. The number of aryl methyl sites for hydroxylation is 1. The highest BCUT2D eigenvalue weighted by atomic mass is 32.1. The Labute approximate surface area is 120 Å². The van der Waals surface area contributed by atoms with Gasteiger partial charge in [-0.1, -0.05) is 19.9 Å². The molecule has 0 heterocycles. The van der Waals surface area contributed by atoms with Gasteiger partial charge in [0.1, 0.15) is 11.3 Å². The lowest BCUT2D eigenvalue weighted by atomic mass is 9.96. The number of halogens is 1. The molecule has 1 rings (SSSR count). The molecule has 0 amide bonds. The Balaban J connectivity index is 2.76. The SMILES string of the molecule is CCc1ccc(F)c(CNC(S)NCCO)c1CC. The second-order valence-electron chi connectivity index (χ2n) is 4.33. The van der Waals surface area contributed by atoms with Crippen molar-refractivity contribution in [3.8, 4) is 0 Å². The minimum absolute atomic E-state index is 0.0542. The Kier molecular flexibility index (Phi) is 7.38. The lowest BCUT2D eigenvalue weighted by Crippen LogP contribution is -2.39. The molecule has 0 spiro atoms. The van der Waals surface area contributed by atoms with Gasteiger partial charge in [0, 0.05) is 18.7 Å². The number of rotatable bonds is 8. The average molecular weight is 286 g/mol. The van der Waals surface area contributed by atoms with Crippen molar-refractivity contribution < 1.29 is 9.50 Å². The molecule has 0 radical (unpaired) electrons. The molecule has 3 nitrogen and oxygen atoms in total. The fourth-order valence-electron chi connectivity index (χ4n) is 2.15. The smallest absolute Gasteiger partial charge is 0.127 e. The maximum Gasteiger partial charge on any atom is 0.127 e. The van der Waals surface area contributed by atoms with E-state index in [0.29, 0.717) is 18.7 Å². The Morgan fingerprint density at radius 2 is 1.95 bits per heavy atom. The summed E-state index contributed by atoms with van der Waals surface area (Å²) in [6, 6.07) is 3.39. The molecule has 5 heteroatoms. The molecule has 0 aliphatic heterocycles. The van der Waals surface area contributed by atoms with Crippen LogP contribution in [-0.4, -0.2) is 23.8 Å². The van der Waals surface area contributed by atoms with Crippen LogP contribution in [0.15, 0.2) is 12.1 Å². The van der Waals surface area contributed by atoms with E-state index in [0.717, 1.165) is 18.4 Å². The summed E-state index contributed by atoms with van der Waals surface area (Å²) >= 11 is 4.29.